The van der Waals surface area contributed by atoms with Crippen molar-refractivity contribution in [1.82, 2.24) is 9.55 Å². The van der Waals surface area contributed by atoms with Gasteiger partial charge in [0.1, 0.15) is 22.1 Å². The van der Waals surface area contributed by atoms with Crippen LogP contribution in [0.2, 0.25) is 0 Å². The molecule has 39 heavy (non-hydrogen) atoms. The second kappa shape index (κ2) is 11.7. The Kier molecular flexibility index (Phi) is 8.13. The molecule has 5 rings (SSSR count). The maximum atomic E-state index is 13.5. The highest BCUT2D eigenvalue weighted by Crippen LogP contribution is 2.40. The number of aromatic nitrogens is 2. The van der Waals surface area contributed by atoms with Gasteiger partial charge in [0.25, 0.3) is 5.56 Å². The Balaban J connectivity index is 1.40. The van der Waals surface area contributed by atoms with Crippen LogP contribution in [0.5, 0.6) is 5.75 Å². The van der Waals surface area contributed by atoms with Gasteiger partial charge in [-0.2, -0.15) is 0 Å². The zero-order valence-corrected chi connectivity index (χ0v) is 23.9. The van der Waals surface area contributed by atoms with Crippen LogP contribution in [-0.2, 0) is 28.9 Å². The van der Waals surface area contributed by atoms with Crippen molar-refractivity contribution in [3.8, 4) is 16.9 Å². The Morgan fingerprint density at radius 2 is 2.00 bits per heavy atom. The summed E-state index contributed by atoms with van der Waals surface area (Å²) in [4.78, 5) is 45.6. The summed E-state index contributed by atoms with van der Waals surface area (Å²) < 4.78 is 12.3. The molecule has 0 saturated carbocycles. The van der Waals surface area contributed by atoms with E-state index in [2.05, 4.69) is 24.1 Å². The maximum absolute atomic E-state index is 13.5. The van der Waals surface area contributed by atoms with Crippen LogP contribution in [0.15, 0.2) is 40.8 Å². The number of hydrogen-bond donors (Lipinski definition) is 1. The largest absolute Gasteiger partial charge is 0.494 e. The molecule has 0 fully saturated rings. The highest BCUT2D eigenvalue weighted by molar-refractivity contribution is 7.17. The summed E-state index contributed by atoms with van der Waals surface area (Å²) in [6, 6.07) is 7.62. The number of nitrogens with one attached hydrogen (secondary N) is 1. The Morgan fingerprint density at radius 3 is 2.74 bits per heavy atom. The van der Waals surface area contributed by atoms with Gasteiger partial charge in [-0.25, -0.2) is 9.78 Å². The molecule has 0 bridgehead atoms. The third-order valence-electron chi connectivity index (χ3n) is 6.76. The number of anilines is 1. The highest BCUT2D eigenvalue weighted by atomic mass is 32.1. The quantitative estimate of drug-likeness (QED) is 0.253. The van der Waals surface area contributed by atoms with Crippen LogP contribution in [0, 0.1) is 5.92 Å². The molecule has 4 aromatic rings. The van der Waals surface area contributed by atoms with E-state index in [1.807, 2.05) is 29.6 Å². The summed E-state index contributed by atoms with van der Waals surface area (Å²) in [6.07, 6.45) is 4.97. The number of esters is 1. The van der Waals surface area contributed by atoms with Crippen LogP contribution < -0.4 is 15.6 Å². The van der Waals surface area contributed by atoms with Crippen LogP contribution in [0.1, 0.15) is 54.4 Å². The van der Waals surface area contributed by atoms with E-state index in [-0.39, 0.29) is 18.7 Å². The van der Waals surface area contributed by atoms with Gasteiger partial charge in [-0.05, 0) is 61.8 Å². The van der Waals surface area contributed by atoms with Gasteiger partial charge < -0.3 is 14.8 Å². The summed E-state index contributed by atoms with van der Waals surface area (Å²) in [6.45, 7) is 6.69. The average molecular weight is 566 g/mol. The molecule has 1 unspecified atom stereocenters. The number of carbonyl (C=O) groups is 2. The van der Waals surface area contributed by atoms with Crippen molar-refractivity contribution in [2.75, 3.05) is 18.5 Å². The summed E-state index contributed by atoms with van der Waals surface area (Å²) >= 11 is 2.82. The molecule has 0 saturated heterocycles. The lowest BCUT2D eigenvalue weighted by Crippen LogP contribution is -2.28. The Labute approximate surface area is 234 Å². The number of rotatable bonds is 9. The minimum absolute atomic E-state index is 0.220. The number of fused-ring (bicyclic) bond motifs is 2. The van der Waals surface area contributed by atoms with E-state index in [1.165, 1.54) is 33.6 Å². The number of thiophene rings is 2. The Hall–Kier alpha value is -3.50. The van der Waals surface area contributed by atoms with Crippen molar-refractivity contribution in [2.24, 2.45) is 5.92 Å². The van der Waals surface area contributed by atoms with Crippen molar-refractivity contribution < 1.29 is 19.1 Å². The Bertz CT molecular complexity index is 1570. The molecular formula is C29H31N3O5S2. The van der Waals surface area contributed by atoms with Crippen LogP contribution in [-0.4, -0.2) is 34.6 Å². The predicted octanol–water partition coefficient (Wildman–Crippen LogP) is 5.92. The number of amides is 1. The van der Waals surface area contributed by atoms with Gasteiger partial charge in [0.2, 0.25) is 5.91 Å². The van der Waals surface area contributed by atoms with Gasteiger partial charge in [-0.3, -0.25) is 14.2 Å². The topological polar surface area (TPSA) is 99.5 Å². The van der Waals surface area contributed by atoms with Crippen molar-refractivity contribution >= 4 is 49.8 Å². The SMILES string of the molecule is CCCOc1ccc(-c2csc3ncn(CC(=O)Nc4sc5c(c4C(=O)OCC)CCC(C)C5)c(=O)c23)cc1. The first-order chi connectivity index (χ1) is 18.9. The lowest BCUT2D eigenvalue weighted by Gasteiger charge is -2.18. The molecule has 1 atom stereocenters. The van der Waals surface area contributed by atoms with E-state index >= 15 is 0 Å². The van der Waals surface area contributed by atoms with Crippen molar-refractivity contribution in [3.05, 3.63) is 62.3 Å². The summed E-state index contributed by atoms with van der Waals surface area (Å²) in [7, 11) is 0. The van der Waals surface area contributed by atoms with E-state index in [9.17, 15) is 14.4 Å². The number of ether oxygens (including phenoxy) is 2. The molecule has 0 aliphatic heterocycles. The normalized spacial score (nSPS) is 14.7. The van der Waals surface area contributed by atoms with Crippen molar-refractivity contribution in [3.63, 3.8) is 0 Å². The number of hydrogen-bond acceptors (Lipinski definition) is 8. The Morgan fingerprint density at radius 1 is 1.21 bits per heavy atom. The molecule has 1 aromatic carbocycles. The summed E-state index contributed by atoms with van der Waals surface area (Å²) in [5, 5.41) is 5.76. The van der Waals surface area contributed by atoms with Crippen LogP contribution in [0.25, 0.3) is 21.3 Å². The fourth-order valence-corrected chi connectivity index (χ4v) is 7.14. The molecule has 204 valence electrons. The van der Waals surface area contributed by atoms with Crippen LogP contribution in [0.4, 0.5) is 5.00 Å². The van der Waals surface area contributed by atoms with E-state index < -0.39 is 11.9 Å². The first-order valence-electron chi connectivity index (χ1n) is 13.2. The van der Waals surface area contributed by atoms with Gasteiger partial charge >= 0.3 is 5.97 Å². The average Bonchev–Trinajstić information content (AvgIpc) is 3.51. The molecule has 8 nitrogen and oxygen atoms in total. The van der Waals surface area contributed by atoms with Gasteiger partial charge in [0.05, 0.1) is 30.5 Å². The molecule has 1 amide bonds. The molecule has 0 radical (unpaired) electrons. The molecule has 1 aliphatic carbocycles. The van der Waals surface area contributed by atoms with Crippen LogP contribution >= 0.6 is 22.7 Å². The van der Waals surface area contributed by atoms with Gasteiger partial charge in [0, 0.05) is 15.8 Å². The van der Waals surface area contributed by atoms with E-state index in [4.69, 9.17) is 9.47 Å². The highest BCUT2D eigenvalue weighted by Gasteiger charge is 2.29. The van der Waals surface area contributed by atoms with Gasteiger partial charge in [-0.15, -0.1) is 22.7 Å². The van der Waals surface area contributed by atoms with E-state index in [0.717, 1.165) is 53.0 Å². The minimum atomic E-state index is -0.422. The van der Waals surface area contributed by atoms with E-state index in [0.29, 0.717) is 33.3 Å². The molecular weight excluding hydrogens is 534 g/mol. The smallest absolute Gasteiger partial charge is 0.341 e. The first-order valence-corrected chi connectivity index (χ1v) is 14.9. The van der Waals surface area contributed by atoms with Crippen LogP contribution in [0.3, 0.4) is 0 Å². The second-order valence-corrected chi connectivity index (χ2v) is 11.7. The molecule has 1 N–H and O–H groups in total. The zero-order chi connectivity index (χ0) is 27.5. The standard InChI is InChI=1S/C29H31N3O5S2/c1-4-12-37-19-9-7-18(8-10-19)21-15-38-26-24(21)28(34)32(16-30-26)14-23(33)31-27-25(29(35)36-5-2)20-11-6-17(3)13-22(20)39-27/h7-10,15-17H,4-6,11-14H2,1-3H3,(H,31,33). The third-order valence-corrected chi connectivity index (χ3v) is 8.81. The third kappa shape index (κ3) is 5.62. The molecule has 10 heteroatoms. The molecule has 0 spiro atoms. The minimum Gasteiger partial charge on any atom is -0.494 e. The maximum Gasteiger partial charge on any atom is 0.341 e. The summed E-state index contributed by atoms with van der Waals surface area (Å²) in [5.41, 5.74) is 2.78. The fourth-order valence-electron chi connectivity index (χ4n) is 4.82. The van der Waals surface area contributed by atoms with E-state index in [1.54, 1.807) is 6.92 Å². The van der Waals surface area contributed by atoms with Gasteiger partial charge in [-0.1, -0.05) is 26.0 Å². The molecule has 1 aliphatic rings. The number of nitrogens with zero attached hydrogens (tertiary/aromatic N) is 2. The monoisotopic (exact) mass is 565 g/mol. The fraction of sp³-hybridized carbons (Fsp3) is 0.379. The first kappa shape index (κ1) is 27.1. The lowest BCUT2D eigenvalue weighted by atomic mass is 9.88. The molecule has 3 heterocycles. The van der Waals surface area contributed by atoms with Crippen molar-refractivity contribution in [2.45, 2.75) is 53.0 Å². The zero-order valence-electron chi connectivity index (χ0n) is 22.2. The van der Waals surface area contributed by atoms with Crippen molar-refractivity contribution in [1.29, 1.82) is 0 Å². The van der Waals surface area contributed by atoms with Gasteiger partial charge in [0.15, 0.2) is 0 Å². The summed E-state index contributed by atoms with van der Waals surface area (Å²) in [5.74, 6) is 0.476. The molecule has 3 aromatic heterocycles. The number of carbonyl (C=O) groups excluding carboxylic acids is 2. The lowest BCUT2D eigenvalue weighted by molar-refractivity contribution is -0.116. The number of benzene rings is 1. The second-order valence-electron chi connectivity index (χ2n) is 9.70. The predicted molar refractivity (Wildman–Crippen MR) is 155 cm³/mol.